The van der Waals surface area contributed by atoms with Crippen LogP contribution in [0.15, 0.2) is 12.1 Å². The molecule has 1 aliphatic heterocycles. The van der Waals surface area contributed by atoms with Gasteiger partial charge in [-0.2, -0.15) is 0 Å². The molecule has 0 spiro atoms. The van der Waals surface area contributed by atoms with Crippen LogP contribution in [0.25, 0.3) is 0 Å². The SMILES string of the molecule is Cc1cc2c(cc1C)OC(CC(=O)Cl)CO2. The van der Waals surface area contributed by atoms with Crippen LogP contribution >= 0.6 is 11.6 Å². The van der Waals surface area contributed by atoms with Gasteiger partial charge in [0.05, 0.1) is 6.42 Å². The van der Waals surface area contributed by atoms with E-state index in [1.165, 1.54) is 0 Å². The summed E-state index contributed by atoms with van der Waals surface area (Å²) in [6, 6.07) is 3.87. The lowest BCUT2D eigenvalue weighted by atomic mass is 10.1. The first kappa shape index (κ1) is 11.3. The molecule has 1 heterocycles. The number of hydrogen-bond acceptors (Lipinski definition) is 3. The molecule has 86 valence electrons. The smallest absolute Gasteiger partial charge is 0.225 e. The van der Waals surface area contributed by atoms with Crippen LogP contribution in [0.5, 0.6) is 11.5 Å². The van der Waals surface area contributed by atoms with E-state index in [4.69, 9.17) is 21.1 Å². The predicted octanol–water partition coefficient (Wildman–Crippen LogP) is 2.60. The highest BCUT2D eigenvalue weighted by molar-refractivity contribution is 6.63. The van der Waals surface area contributed by atoms with Gasteiger partial charge in [0.25, 0.3) is 0 Å². The molecule has 16 heavy (non-hydrogen) atoms. The van der Waals surface area contributed by atoms with Crippen LogP contribution in [-0.4, -0.2) is 18.0 Å². The highest BCUT2D eigenvalue weighted by atomic mass is 35.5. The molecule has 1 atom stereocenters. The second kappa shape index (κ2) is 4.34. The fourth-order valence-electron chi connectivity index (χ4n) is 1.64. The number of ether oxygens (including phenoxy) is 2. The van der Waals surface area contributed by atoms with Crippen molar-refractivity contribution in [2.24, 2.45) is 0 Å². The van der Waals surface area contributed by atoms with Crippen molar-refractivity contribution in [1.82, 2.24) is 0 Å². The Balaban J connectivity index is 2.20. The van der Waals surface area contributed by atoms with E-state index < -0.39 is 5.24 Å². The molecule has 0 N–H and O–H groups in total. The molecule has 1 aliphatic rings. The fraction of sp³-hybridized carbons (Fsp3) is 0.417. The summed E-state index contributed by atoms with van der Waals surface area (Å²) in [5, 5.41) is -0.402. The van der Waals surface area contributed by atoms with Crippen molar-refractivity contribution in [2.75, 3.05) is 6.61 Å². The Bertz CT molecular complexity index is 429. The largest absolute Gasteiger partial charge is 0.486 e. The average molecular weight is 241 g/mol. The molecule has 0 saturated heterocycles. The Hall–Kier alpha value is -1.22. The summed E-state index contributed by atoms with van der Waals surface area (Å²) in [5.41, 5.74) is 2.30. The highest BCUT2D eigenvalue weighted by Gasteiger charge is 2.23. The van der Waals surface area contributed by atoms with Crippen molar-refractivity contribution in [3.63, 3.8) is 0 Å². The first-order valence-corrected chi connectivity index (χ1v) is 5.53. The molecule has 0 aromatic heterocycles. The third-order valence-corrected chi connectivity index (χ3v) is 2.82. The molecule has 1 aromatic rings. The summed E-state index contributed by atoms with van der Waals surface area (Å²) < 4.78 is 11.2. The first-order chi connectivity index (χ1) is 7.56. The number of fused-ring (bicyclic) bond motifs is 1. The molecule has 0 bridgehead atoms. The Kier molecular flexibility index (Phi) is 3.06. The van der Waals surface area contributed by atoms with Gasteiger partial charge in [0.1, 0.15) is 12.7 Å². The number of rotatable bonds is 2. The van der Waals surface area contributed by atoms with Gasteiger partial charge in [-0.05, 0) is 48.7 Å². The monoisotopic (exact) mass is 240 g/mol. The third-order valence-electron chi connectivity index (χ3n) is 2.67. The van der Waals surface area contributed by atoms with Gasteiger partial charge >= 0.3 is 0 Å². The zero-order chi connectivity index (χ0) is 11.7. The Morgan fingerprint density at radius 1 is 1.38 bits per heavy atom. The van der Waals surface area contributed by atoms with Crippen LogP contribution in [0.1, 0.15) is 17.5 Å². The molecule has 3 nitrogen and oxygen atoms in total. The van der Waals surface area contributed by atoms with Gasteiger partial charge < -0.3 is 9.47 Å². The third kappa shape index (κ3) is 2.30. The van der Waals surface area contributed by atoms with E-state index in [0.29, 0.717) is 12.4 Å². The van der Waals surface area contributed by atoms with Gasteiger partial charge in [-0.25, -0.2) is 0 Å². The van der Waals surface area contributed by atoms with Gasteiger partial charge in [-0.1, -0.05) is 0 Å². The maximum atomic E-state index is 10.8. The lowest BCUT2D eigenvalue weighted by Gasteiger charge is -2.26. The second-order valence-corrected chi connectivity index (χ2v) is 4.41. The number of carbonyl (C=O) groups is 1. The molecular formula is C12H13ClO3. The minimum atomic E-state index is -0.402. The number of hydrogen-bond donors (Lipinski definition) is 0. The van der Waals surface area contributed by atoms with Gasteiger partial charge in [0.15, 0.2) is 11.5 Å². The lowest BCUT2D eigenvalue weighted by Crippen LogP contribution is -2.30. The summed E-state index contributed by atoms with van der Waals surface area (Å²) in [4.78, 5) is 10.8. The normalized spacial score (nSPS) is 18.3. The van der Waals surface area contributed by atoms with E-state index in [0.717, 1.165) is 16.9 Å². The maximum absolute atomic E-state index is 10.8. The molecule has 0 saturated carbocycles. The van der Waals surface area contributed by atoms with Crippen LogP contribution in [0, 0.1) is 13.8 Å². The van der Waals surface area contributed by atoms with Crippen LogP contribution in [0.2, 0.25) is 0 Å². The molecule has 0 fully saturated rings. The van der Waals surface area contributed by atoms with Crippen molar-refractivity contribution in [1.29, 1.82) is 0 Å². The van der Waals surface area contributed by atoms with Crippen molar-refractivity contribution < 1.29 is 14.3 Å². The topological polar surface area (TPSA) is 35.5 Å². The van der Waals surface area contributed by atoms with Crippen LogP contribution in [0.3, 0.4) is 0 Å². The standard InChI is InChI=1S/C12H13ClO3/c1-7-3-10-11(4-8(7)2)16-9(6-15-10)5-12(13)14/h3-4,9H,5-6H2,1-2H3. The number of benzene rings is 1. The average Bonchev–Trinajstić information content (AvgIpc) is 2.19. The zero-order valence-electron chi connectivity index (χ0n) is 9.25. The van der Waals surface area contributed by atoms with Crippen molar-refractivity contribution >= 4 is 16.8 Å². The number of halogens is 1. The molecule has 2 rings (SSSR count). The number of carbonyl (C=O) groups excluding carboxylic acids is 1. The van der Waals surface area contributed by atoms with Crippen molar-refractivity contribution in [2.45, 2.75) is 26.4 Å². The van der Waals surface area contributed by atoms with Crippen LogP contribution in [-0.2, 0) is 4.79 Å². The van der Waals surface area contributed by atoms with Gasteiger partial charge in [-0.3, -0.25) is 4.79 Å². The first-order valence-electron chi connectivity index (χ1n) is 5.15. The van der Waals surface area contributed by atoms with Gasteiger partial charge in [0.2, 0.25) is 5.24 Å². The van der Waals surface area contributed by atoms with E-state index in [-0.39, 0.29) is 12.5 Å². The van der Waals surface area contributed by atoms with Gasteiger partial charge in [0, 0.05) is 0 Å². The Morgan fingerprint density at radius 3 is 2.62 bits per heavy atom. The quantitative estimate of drug-likeness (QED) is 0.746. The minimum Gasteiger partial charge on any atom is -0.486 e. The van der Waals surface area contributed by atoms with Crippen molar-refractivity contribution in [3.05, 3.63) is 23.3 Å². The maximum Gasteiger partial charge on any atom is 0.225 e. The molecule has 4 heteroatoms. The summed E-state index contributed by atoms with van der Waals surface area (Å²) in [6.45, 7) is 4.40. The van der Waals surface area contributed by atoms with Gasteiger partial charge in [-0.15, -0.1) is 0 Å². The van der Waals surface area contributed by atoms with Crippen LogP contribution in [0.4, 0.5) is 0 Å². The number of aryl methyl sites for hydroxylation is 2. The van der Waals surface area contributed by atoms with E-state index in [9.17, 15) is 4.79 Å². The molecule has 0 aliphatic carbocycles. The Morgan fingerprint density at radius 2 is 2.00 bits per heavy atom. The summed E-state index contributed by atoms with van der Waals surface area (Å²) in [6.07, 6.45) is -0.104. The molecule has 1 aromatic carbocycles. The lowest BCUT2D eigenvalue weighted by molar-refractivity contribution is -0.113. The molecule has 0 radical (unpaired) electrons. The molecule has 1 unspecified atom stereocenters. The second-order valence-electron chi connectivity index (χ2n) is 3.99. The Labute approximate surface area is 99.3 Å². The van der Waals surface area contributed by atoms with E-state index in [1.807, 2.05) is 26.0 Å². The van der Waals surface area contributed by atoms with E-state index >= 15 is 0 Å². The molecular weight excluding hydrogens is 228 g/mol. The summed E-state index contributed by atoms with van der Waals surface area (Å²) >= 11 is 5.32. The fourth-order valence-corrected chi connectivity index (χ4v) is 1.82. The summed E-state index contributed by atoms with van der Waals surface area (Å²) in [7, 11) is 0. The minimum absolute atomic E-state index is 0.175. The zero-order valence-corrected chi connectivity index (χ0v) is 10.0. The molecule has 0 amide bonds. The van der Waals surface area contributed by atoms with Crippen LogP contribution < -0.4 is 9.47 Å². The van der Waals surface area contributed by atoms with E-state index in [2.05, 4.69) is 0 Å². The highest BCUT2D eigenvalue weighted by Crippen LogP contribution is 2.34. The van der Waals surface area contributed by atoms with Crippen molar-refractivity contribution in [3.8, 4) is 11.5 Å². The van der Waals surface area contributed by atoms with E-state index in [1.54, 1.807) is 0 Å². The predicted molar refractivity (Wildman–Crippen MR) is 61.3 cm³/mol. The summed E-state index contributed by atoms with van der Waals surface area (Å²) in [5.74, 6) is 1.43.